The van der Waals surface area contributed by atoms with E-state index in [0.29, 0.717) is 6.61 Å². The zero-order chi connectivity index (χ0) is 16.1. The predicted octanol–water partition coefficient (Wildman–Crippen LogP) is 3.99. The van der Waals surface area contributed by atoms with Crippen LogP contribution in [0.2, 0.25) is 0 Å². The molecule has 4 nitrogen and oxygen atoms in total. The van der Waals surface area contributed by atoms with Crippen molar-refractivity contribution in [3.8, 4) is 5.75 Å². The molecule has 2 heterocycles. The second kappa shape index (κ2) is 7.09. The van der Waals surface area contributed by atoms with Gasteiger partial charge >= 0.3 is 0 Å². The molecule has 23 heavy (non-hydrogen) atoms. The van der Waals surface area contributed by atoms with Gasteiger partial charge in [-0.2, -0.15) is 0 Å². The number of benzene rings is 1. The summed E-state index contributed by atoms with van der Waals surface area (Å²) in [6.07, 6.45) is 4.53. The van der Waals surface area contributed by atoms with E-state index < -0.39 is 0 Å². The van der Waals surface area contributed by atoms with Gasteiger partial charge in [0.15, 0.2) is 0 Å². The number of nitrogens with one attached hydrogen (secondary N) is 1. The van der Waals surface area contributed by atoms with Crippen LogP contribution in [-0.4, -0.2) is 23.1 Å². The Bertz CT molecular complexity index is 796. The molecule has 118 valence electrons. The van der Waals surface area contributed by atoms with E-state index in [-0.39, 0.29) is 0 Å². The summed E-state index contributed by atoms with van der Waals surface area (Å²) < 4.78 is 5.96. The standard InChI is InChI=1S/C19H21N3O/c1-3-20-19-14(2)12-15(13-22-19)9-11-23-18-8-10-21-17-7-5-4-6-16(17)18/h4-8,10,12-13H,3,9,11H2,1-2H3,(H,20,22). The Kier molecular flexibility index (Phi) is 4.71. The lowest BCUT2D eigenvalue weighted by Crippen LogP contribution is -2.05. The monoisotopic (exact) mass is 307 g/mol. The zero-order valence-electron chi connectivity index (χ0n) is 13.5. The van der Waals surface area contributed by atoms with Crippen molar-refractivity contribution in [2.75, 3.05) is 18.5 Å². The molecule has 0 saturated carbocycles. The fraction of sp³-hybridized carbons (Fsp3) is 0.263. The number of hydrogen-bond donors (Lipinski definition) is 1. The summed E-state index contributed by atoms with van der Waals surface area (Å²) in [4.78, 5) is 8.82. The molecule has 0 aliphatic rings. The minimum Gasteiger partial charge on any atom is -0.492 e. The minimum atomic E-state index is 0.621. The average Bonchev–Trinajstić information content (AvgIpc) is 2.58. The van der Waals surface area contributed by atoms with Gasteiger partial charge in [0.25, 0.3) is 0 Å². The summed E-state index contributed by atoms with van der Waals surface area (Å²) in [6, 6.07) is 12.1. The van der Waals surface area contributed by atoms with Crippen molar-refractivity contribution >= 4 is 16.7 Å². The third kappa shape index (κ3) is 3.59. The van der Waals surface area contributed by atoms with Crippen LogP contribution in [0.5, 0.6) is 5.75 Å². The molecular formula is C19H21N3O. The Balaban J connectivity index is 1.66. The minimum absolute atomic E-state index is 0.621. The fourth-order valence-corrected chi connectivity index (χ4v) is 2.60. The number of anilines is 1. The van der Waals surface area contributed by atoms with Crippen molar-refractivity contribution in [1.82, 2.24) is 9.97 Å². The van der Waals surface area contributed by atoms with Crippen molar-refractivity contribution in [2.45, 2.75) is 20.3 Å². The van der Waals surface area contributed by atoms with Gasteiger partial charge in [0, 0.05) is 30.7 Å². The molecular weight excluding hydrogens is 286 g/mol. The fourth-order valence-electron chi connectivity index (χ4n) is 2.60. The Morgan fingerprint density at radius 2 is 2.00 bits per heavy atom. The van der Waals surface area contributed by atoms with Gasteiger partial charge in [-0.3, -0.25) is 4.98 Å². The van der Waals surface area contributed by atoms with Crippen LogP contribution in [0, 0.1) is 6.92 Å². The van der Waals surface area contributed by atoms with Crippen molar-refractivity contribution < 1.29 is 4.74 Å². The number of nitrogens with zero attached hydrogens (tertiary/aromatic N) is 2. The molecule has 0 aliphatic carbocycles. The summed E-state index contributed by atoms with van der Waals surface area (Å²) >= 11 is 0. The van der Waals surface area contributed by atoms with E-state index in [1.165, 1.54) is 11.1 Å². The van der Waals surface area contributed by atoms with Crippen molar-refractivity contribution in [1.29, 1.82) is 0 Å². The number of aromatic nitrogens is 2. The second-order valence-electron chi connectivity index (χ2n) is 5.46. The Morgan fingerprint density at radius 1 is 1.13 bits per heavy atom. The first-order valence-corrected chi connectivity index (χ1v) is 7.94. The van der Waals surface area contributed by atoms with Gasteiger partial charge in [0.1, 0.15) is 11.6 Å². The highest BCUT2D eigenvalue weighted by molar-refractivity contribution is 5.84. The third-order valence-corrected chi connectivity index (χ3v) is 3.74. The maximum Gasteiger partial charge on any atom is 0.130 e. The maximum atomic E-state index is 5.96. The van der Waals surface area contributed by atoms with Crippen molar-refractivity contribution in [2.24, 2.45) is 0 Å². The number of aryl methyl sites for hydroxylation is 1. The van der Waals surface area contributed by atoms with Crippen LogP contribution >= 0.6 is 0 Å². The van der Waals surface area contributed by atoms with E-state index in [4.69, 9.17) is 4.74 Å². The van der Waals surface area contributed by atoms with Crippen LogP contribution in [0.1, 0.15) is 18.1 Å². The average molecular weight is 307 g/mol. The van der Waals surface area contributed by atoms with Gasteiger partial charge in [-0.25, -0.2) is 4.98 Å². The van der Waals surface area contributed by atoms with E-state index in [2.05, 4.69) is 35.2 Å². The lowest BCUT2D eigenvalue weighted by molar-refractivity contribution is 0.325. The summed E-state index contributed by atoms with van der Waals surface area (Å²) in [7, 11) is 0. The second-order valence-corrected chi connectivity index (χ2v) is 5.46. The maximum absolute atomic E-state index is 5.96. The molecule has 1 aromatic carbocycles. The first-order valence-electron chi connectivity index (χ1n) is 7.94. The molecule has 0 fully saturated rings. The normalized spacial score (nSPS) is 10.7. The molecule has 0 amide bonds. The molecule has 4 heteroatoms. The summed E-state index contributed by atoms with van der Waals surface area (Å²) in [5.74, 6) is 1.84. The highest BCUT2D eigenvalue weighted by Gasteiger charge is 2.04. The first kappa shape index (κ1) is 15.3. The predicted molar refractivity (Wildman–Crippen MR) is 94.1 cm³/mol. The van der Waals surface area contributed by atoms with Crippen molar-refractivity contribution in [3.63, 3.8) is 0 Å². The molecule has 0 bridgehead atoms. The summed E-state index contributed by atoms with van der Waals surface area (Å²) in [5.41, 5.74) is 3.30. The molecule has 3 rings (SSSR count). The Hall–Kier alpha value is -2.62. The van der Waals surface area contributed by atoms with Crippen LogP contribution in [-0.2, 0) is 6.42 Å². The molecule has 1 N–H and O–H groups in total. The Morgan fingerprint density at radius 3 is 2.83 bits per heavy atom. The van der Waals surface area contributed by atoms with Gasteiger partial charge < -0.3 is 10.1 Å². The van der Waals surface area contributed by atoms with Crippen LogP contribution in [0.3, 0.4) is 0 Å². The van der Waals surface area contributed by atoms with Crippen LogP contribution in [0.4, 0.5) is 5.82 Å². The number of hydrogen-bond acceptors (Lipinski definition) is 4. The van der Waals surface area contributed by atoms with Crippen LogP contribution < -0.4 is 10.1 Å². The molecule has 0 unspecified atom stereocenters. The molecule has 0 spiro atoms. The van der Waals surface area contributed by atoms with Gasteiger partial charge in [-0.15, -0.1) is 0 Å². The number of fused-ring (bicyclic) bond motifs is 1. The van der Waals surface area contributed by atoms with E-state index in [9.17, 15) is 0 Å². The van der Waals surface area contributed by atoms with Crippen LogP contribution in [0.15, 0.2) is 48.8 Å². The van der Waals surface area contributed by atoms with E-state index in [0.717, 1.165) is 35.4 Å². The molecule has 2 aromatic heterocycles. The molecule has 0 atom stereocenters. The number of rotatable bonds is 6. The molecule has 0 radical (unpaired) electrons. The first-order chi connectivity index (χ1) is 11.3. The SMILES string of the molecule is CCNc1ncc(CCOc2ccnc3ccccc23)cc1C. The number of para-hydroxylation sites is 1. The highest BCUT2D eigenvalue weighted by atomic mass is 16.5. The van der Waals surface area contributed by atoms with Crippen LogP contribution in [0.25, 0.3) is 10.9 Å². The lowest BCUT2D eigenvalue weighted by atomic mass is 10.1. The summed E-state index contributed by atoms with van der Waals surface area (Å²) in [6.45, 7) is 5.65. The highest BCUT2D eigenvalue weighted by Crippen LogP contribution is 2.23. The molecule has 0 aliphatic heterocycles. The Labute approximate surface area is 136 Å². The smallest absolute Gasteiger partial charge is 0.130 e. The lowest BCUT2D eigenvalue weighted by Gasteiger charge is -2.10. The van der Waals surface area contributed by atoms with Crippen molar-refractivity contribution in [3.05, 3.63) is 59.9 Å². The van der Waals surface area contributed by atoms with Gasteiger partial charge in [-0.05, 0) is 43.2 Å². The van der Waals surface area contributed by atoms with Gasteiger partial charge in [0.2, 0.25) is 0 Å². The zero-order valence-corrected chi connectivity index (χ0v) is 13.5. The van der Waals surface area contributed by atoms with E-state index in [1.807, 2.05) is 36.5 Å². The van der Waals surface area contributed by atoms with E-state index >= 15 is 0 Å². The molecule has 0 saturated heterocycles. The van der Waals surface area contributed by atoms with Gasteiger partial charge in [0.05, 0.1) is 12.1 Å². The third-order valence-electron chi connectivity index (χ3n) is 3.74. The molecule has 3 aromatic rings. The van der Waals surface area contributed by atoms with E-state index in [1.54, 1.807) is 6.20 Å². The topological polar surface area (TPSA) is 47.0 Å². The summed E-state index contributed by atoms with van der Waals surface area (Å²) in [5, 5.41) is 4.30. The van der Waals surface area contributed by atoms with Gasteiger partial charge in [-0.1, -0.05) is 18.2 Å². The quantitative estimate of drug-likeness (QED) is 0.748. The largest absolute Gasteiger partial charge is 0.492 e. The number of ether oxygens (including phenoxy) is 1. The number of pyridine rings is 2.